The maximum absolute atomic E-state index is 10.6. The van der Waals surface area contributed by atoms with Crippen molar-refractivity contribution in [3.05, 3.63) is 51.3 Å². The molecule has 18 heavy (non-hydrogen) atoms. The van der Waals surface area contributed by atoms with E-state index in [-0.39, 0.29) is 5.76 Å². The number of furan rings is 1. The van der Waals surface area contributed by atoms with Gasteiger partial charge in [0.25, 0.3) is 0 Å². The third-order valence-electron chi connectivity index (χ3n) is 2.26. The molecule has 0 fully saturated rings. The second kappa shape index (κ2) is 5.46. The lowest BCUT2D eigenvalue weighted by Gasteiger charge is -2.06. The first-order valence-electron chi connectivity index (χ1n) is 5.07. The van der Waals surface area contributed by atoms with Crippen LogP contribution in [0, 0.1) is 0 Å². The Morgan fingerprint density at radius 3 is 2.78 bits per heavy atom. The molecule has 0 amide bonds. The topological polar surface area (TPSA) is 62.5 Å². The van der Waals surface area contributed by atoms with Crippen LogP contribution in [0.25, 0.3) is 0 Å². The largest absolute Gasteiger partial charge is 0.475 e. The second-order valence-electron chi connectivity index (χ2n) is 3.55. The number of rotatable bonds is 4. The van der Waals surface area contributed by atoms with Crippen molar-refractivity contribution < 1.29 is 14.3 Å². The van der Waals surface area contributed by atoms with Crippen molar-refractivity contribution in [2.45, 2.75) is 6.54 Å². The lowest BCUT2D eigenvalue weighted by atomic mass is 10.3. The Labute approximate surface area is 117 Å². The highest BCUT2D eigenvalue weighted by Crippen LogP contribution is 2.26. The standard InChI is InChI=1S/C12H9BrClNO3/c13-7-1-3-10(9(14)5-7)15-6-8-2-4-11(18-8)12(16)17/h1-5,15H,6H2,(H,16,17). The summed E-state index contributed by atoms with van der Waals surface area (Å²) < 4.78 is 6.01. The van der Waals surface area contributed by atoms with E-state index in [1.165, 1.54) is 6.07 Å². The Morgan fingerprint density at radius 1 is 1.39 bits per heavy atom. The molecule has 1 aromatic heterocycles. The lowest BCUT2D eigenvalue weighted by Crippen LogP contribution is -1.99. The van der Waals surface area contributed by atoms with Gasteiger partial charge in [-0.05, 0) is 30.3 Å². The van der Waals surface area contributed by atoms with Crippen molar-refractivity contribution in [3.8, 4) is 0 Å². The number of anilines is 1. The summed E-state index contributed by atoms with van der Waals surface area (Å²) in [6.07, 6.45) is 0. The zero-order chi connectivity index (χ0) is 13.1. The van der Waals surface area contributed by atoms with Gasteiger partial charge in [0, 0.05) is 4.47 Å². The van der Waals surface area contributed by atoms with Crippen LogP contribution in [0.3, 0.4) is 0 Å². The number of halogens is 2. The van der Waals surface area contributed by atoms with Crippen LogP contribution in [0.5, 0.6) is 0 Å². The van der Waals surface area contributed by atoms with Crippen molar-refractivity contribution in [2.75, 3.05) is 5.32 Å². The molecule has 0 aliphatic heterocycles. The van der Waals surface area contributed by atoms with Crippen molar-refractivity contribution >= 4 is 39.2 Å². The van der Waals surface area contributed by atoms with Gasteiger partial charge in [0.2, 0.25) is 5.76 Å². The third-order valence-corrected chi connectivity index (χ3v) is 3.06. The van der Waals surface area contributed by atoms with Crippen molar-refractivity contribution in [2.24, 2.45) is 0 Å². The monoisotopic (exact) mass is 329 g/mol. The summed E-state index contributed by atoms with van der Waals surface area (Å²) in [5.74, 6) is -0.622. The minimum atomic E-state index is -1.08. The predicted octanol–water partition coefficient (Wildman–Crippen LogP) is 4.01. The van der Waals surface area contributed by atoms with E-state index in [0.717, 1.165) is 10.2 Å². The molecular weight excluding hydrogens is 321 g/mol. The first-order chi connectivity index (χ1) is 8.56. The zero-order valence-corrected chi connectivity index (χ0v) is 11.5. The van der Waals surface area contributed by atoms with Crippen LogP contribution in [0.4, 0.5) is 5.69 Å². The summed E-state index contributed by atoms with van der Waals surface area (Å²) in [7, 11) is 0. The molecule has 0 saturated carbocycles. The van der Waals surface area contributed by atoms with Crippen LogP contribution in [0.1, 0.15) is 16.3 Å². The number of aromatic carboxylic acids is 1. The first-order valence-corrected chi connectivity index (χ1v) is 6.24. The molecule has 0 bridgehead atoms. The fourth-order valence-corrected chi connectivity index (χ4v) is 2.14. The summed E-state index contributed by atoms with van der Waals surface area (Å²) in [6, 6.07) is 8.49. The normalized spacial score (nSPS) is 10.3. The fourth-order valence-electron chi connectivity index (χ4n) is 1.40. The van der Waals surface area contributed by atoms with E-state index >= 15 is 0 Å². The predicted molar refractivity (Wildman–Crippen MR) is 72.1 cm³/mol. The summed E-state index contributed by atoms with van der Waals surface area (Å²) >= 11 is 9.35. The molecule has 0 aliphatic rings. The van der Waals surface area contributed by atoms with Gasteiger partial charge in [-0.1, -0.05) is 27.5 Å². The van der Waals surface area contributed by atoms with Crippen LogP contribution in [-0.4, -0.2) is 11.1 Å². The van der Waals surface area contributed by atoms with E-state index in [2.05, 4.69) is 21.2 Å². The van der Waals surface area contributed by atoms with E-state index in [4.69, 9.17) is 21.1 Å². The van der Waals surface area contributed by atoms with Gasteiger partial charge in [-0.3, -0.25) is 0 Å². The van der Waals surface area contributed by atoms with Crippen molar-refractivity contribution in [1.29, 1.82) is 0 Å². The zero-order valence-electron chi connectivity index (χ0n) is 9.11. The highest BCUT2D eigenvalue weighted by Gasteiger charge is 2.09. The minimum absolute atomic E-state index is 0.0753. The maximum Gasteiger partial charge on any atom is 0.371 e. The average molecular weight is 331 g/mol. The molecule has 0 spiro atoms. The number of nitrogens with one attached hydrogen (secondary N) is 1. The molecule has 6 heteroatoms. The molecule has 0 aliphatic carbocycles. The van der Waals surface area contributed by atoms with Gasteiger partial charge < -0.3 is 14.8 Å². The van der Waals surface area contributed by atoms with Gasteiger partial charge in [0.1, 0.15) is 5.76 Å². The number of carbonyl (C=O) groups is 1. The third kappa shape index (κ3) is 3.05. The molecule has 4 nitrogen and oxygen atoms in total. The van der Waals surface area contributed by atoms with Crippen LogP contribution in [0.2, 0.25) is 5.02 Å². The fraction of sp³-hybridized carbons (Fsp3) is 0.0833. The van der Waals surface area contributed by atoms with E-state index < -0.39 is 5.97 Å². The Hall–Kier alpha value is -1.46. The van der Waals surface area contributed by atoms with Crippen molar-refractivity contribution in [3.63, 3.8) is 0 Å². The second-order valence-corrected chi connectivity index (χ2v) is 4.87. The van der Waals surface area contributed by atoms with Gasteiger partial charge in [0.05, 0.1) is 17.3 Å². The van der Waals surface area contributed by atoms with Gasteiger partial charge >= 0.3 is 5.97 Å². The summed E-state index contributed by atoms with van der Waals surface area (Å²) in [6.45, 7) is 0.370. The molecule has 2 aromatic rings. The van der Waals surface area contributed by atoms with Gasteiger partial charge in [0.15, 0.2) is 0 Å². The SMILES string of the molecule is O=C(O)c1ccc(CNc2ccc(Br)cc2Cl)o1. The summed E-state index contributed by atoms with van der Waals surface area (Å²) in [4.78, 5) is 10.6. The molecule has 2 rings (SSSR count). The quantitative estimate of drug-likeness (QED) is 0.889. The van der Waals surface area contributed by atoms with Gasteiger partial charge in [-0.15, -0.1) is 0 Å². The number of hydrogen-bond donors (Lipinski definition) is 2. The molecule has 0 atom stereocenters. The Balaban J connectivity index is 2.04. The Kier molecular flexibility index (Phi) is 3.93. The molecule has 0 unspecified atom stereocenters. The lowest BCUT2D eigenvalue weighted by molar-refractivity contribution is 0.0660. The van der Waals surface area contributed by atoms with Crippen LogP contribution >= 0.6 is 27.5 Å². The number of carboxylic acid groups (broad SMARTS) is 1. The van der Waals surface area contributed by atoms with E-state index in [9.17, 15) is 4.79 Å². The van der Waals surface area contributed by atoms with Crippen molar-refractivity contribution in [1.82, 2.24) is 0 Å². The molecule has 0 saturated heterocycles. The number of carboxylic acids is 1. The van der Waals surface area contributed by atoms with E-state index in [0.29, 0.717) is 17.3 Å². The maximum atomic E-state index is 10.6. The van der Waals surface area contributed by atoms with E-state index in [1.807, 2.05) is 12.1 Å². The number of hydrogen-bond acceptors (Lipinski definition) is 3. The van der Waals surface area contributed by atoms with Crippen LogP contribution in [-0.2, 0) is 6.54 Å². The molecule has 2 N–H and O–H groups in total. The van der Waals surface area contributed by atoms with Gasteiger partial charge in [-0.2, -0.15) is 0 Å². The first kappa shape index (κ1) is 13.0. The highest BCUT2D eigenvalue weighted by atomic mass is 79.9. The van der Waals surface area contributed by atoms with Gasteiger partial charge in [-0.25, -0.2) is 4.79 Å². The molecule has 1 aromatic carbocycles. The Bertz CT molecular complexity index is 582. The molecule has 94 valence electrons. The number of benzene rings is 1. The average Bonchev–Trinajstić information content (AvgIpc) is 2.76. The summed E-state index contributed by atoms with van der Waals surface area (Å²) in [5.41, 5.74) is 0.758. The summed E-state index contributed by atoms with van der Waals surface area (Å²) in [5, 5.41) is 12.4. The van der Waals surface area contributed by atoms with Crippen LogP contribution in [0.15, 0.2) is 39.2 Å². The molecule has 1 heterocycles. The van der Waals surface area contributed by atoms with Crippen LogP contribution < -0.4 is 5.32 Å². The molecular formula is C12H9BrClNO3. The highest BCUT2D eigenvalue weighted by molar-refractivity contribution is 9.10. The van der Waals surface area contributed by atoms with E-state index in [1.54, 1.807) is 12.1 Å². The molecule has 0 radical (unpaired) electrons. The Morgan fingerprint density at radius 2 is 2.17 bits per heavy atom. The smallest absolute Gasteiger partial charge is 0.371 e. The minimum Gasteiger partial charge on any atom is -0.475 e.